The molecule has 2 heterocycles. The van der Waals surface area contributed by atoms with Crippen molar-refractivity contribution >= 4 is 38.0 Å². The number of rotatable bonds is 2. The van der Waals surface area contributed by atoms with Gasteiger partial charge in [0.25, 0.3) is 0 Å². The van der Waals surface area contributed by atoms with E-state index in [1.807, 2.05) is 20.8 Å². The fourth-order valence-corrected chi connectivity index (χ4v) is 5.64. The molecule has 1 unspecified atom stereocenters. The van der Waals surface area contributed by atoms with Crippen molar-refractivity contribution in [3.63, 3.8) is 0 Å². The number of nitrogens with zero attached hydrogens (tertiary/aromatic N) is 2. The molecule has 1 saturated carbocycles. The van der Waals surface area contributed by atoms with E-state index in [0.717, 1.165) is 31.6 Å². The van der Waals surface area contributed by atoms with Crippen LogP contribution in [0.2, 0.25) is 0 Å². The van der Waals surface area contributed by atoms with Crippen molar-refractivity contribution in [2.75, 3.05) is 13.1 Å². The lowest BCUT2D eigenvalue weighted by molar-refractivity contribution is -0.0835. The molecule has 1 aromatic heterocycles. The van der Waals surface area contributed by atoms with E-state index in [9.17, 15) is 9.18 Å². The highest BCUT2D eigenvalue weighted by Gasteiger charge is 2.62. The van der Waals surface area contributed by atoms with Gasteiger partial charge in [0.2, 0.25) is 0 Å². The van der Waals surface area contributed by atoms with E-state index in [0.29, 0.717) is 0 Å². The summed E-state index contributed by atoms with van der Waals surface area (Å²) in [5.74, 6) is -0.334. The Hall–Kier alpha value is -0.690. The first kappa shape index (κ1) is 18.1. The first-order valence-electron chi connectivity index (χ1n) is 7.94. The third-order valence-corrected chi connectivity index (χ3v) is 7.48. The quantitative estimate of drug-likeness (QED) is 0.590. The average Bonchev–Trinajstić information content (AvgIpc) is 2.39. The molecule has 3 rings (SSSR count). The van der Waals surface area contributed by atoms with Gasteiger partial charge in [0.1, 0.15) is 11.4 Å². The minimum atomic E-state index is -0.464. The van der Waals surface area contributed by atoms with Gasteiger partial charge >= 0.3 is 6.09 Å². The summed E-state index contributed by atoms with van der Waals surface area (Å²) in [7, 11) is 0. The van der Waals surface area contributed by atoms with Crippen LogP contribution in [0.4, 0.5) is 9.18 Å². The van der Waals surface area contributed by atoms with Crippen LogP contribution in [0.15, 0.2) is 18.3 Å². The predicted molar refractivity (Wildman–Crippen MR) is 97.0 cm³/mol. The number of alkyl halides is 2. The topological polar surface area (TPSA) is 42.4 Å². The van der Waals surface area contributed by atoms with Crippen LogP contribution < -0.4 is 0 Å². The number of pyridine rings is 1. The maximum absolute atomic E-state index is 13.0. The minimum absolute atomic E-state index is 0.00630. The molecule has 132 valence electrons. The van der Waals surface area contributed by atoms with Crippen LogP contribution in [0.25, 0.3) is 0 Å². The van der Waals surface area contributed by atoms with Gasteiger partial charge in [-0.3, -0.25) is 4.98 Å². The summed E-state index contributed by atoms with van der Waals surface area (Å²) in [6, 6.07) is 3.13. The van der Waals surface area contributed by atoms with E-state index < -0.39 is 5.60 Å². The summed E-state index contributed by atoms with van der Waals surface area (Å²) in [5, 5.41) is 0. The third kappa shape index (κ3) is 3.47. The highest BCUT2D eigenvalue weighted by Crippen LogP contribution is 2.64. The van der Waals surface area contributed by atoms with Crippen molar-refractivity contribution in [2.45, 2.75) is 48.4 Å². The molecule has 2 aliphatic rings. The zero-order valence-electron chi connectivity index (χ0n) is 14.0. The number of hydrogen-bond acceptors (Lipinski definition) is 3. The fourth-order valence-electron chi connectivity index (χ4n) is 3.62. The van der Waals surface area contributed by atoms with Crippen LogP contribution in [-0.4, -0.2) is 39.0 Å². The van der Waals surface area contributed by atoms with E-state index in [1.54, 1.807) is 11.0 Å². The molecule has 1 saturated heterocycles. The second-order valence-corrected chi connectivity index (χ2v) is 10.5. The van der Waals surface area contributed by atoms with E-state index in [2.05, 4.69) is 36.8 Å². The van der Waals surface area contributed by atoms with Gasteiger partial charge in [0, 0.05) is 22.8 Å². The Morgan fingerprint density at radius 2 is 2.00 bits per heavy atom. The summed E-state index contributed by atoms with van der Waals surface area (Å²) in [6.45, 7) is 7.08. The molecule has 1 aliphatic carbocycles. The molecule has 24 heavy (non-hydrogen) atoms. The maximum Gasteiger partial charge on any atom is 0.410 e. The molecule has 1 spiro atoms. The van der Waals surface area contributed by atoms with Gasteiger partial charge in [-0.05, 0) is 45.7 Å². The molecule has 0 N–H and O–H groups in total. The molecule has 0 radical (unpaired) electrons. The molecule has 1 aromatic rings. The van der Waals surface area contributed by atoms with Crippen molar-refractivity contribution in [3.8, 4) is 0 Å². The van der Waals surface area contributed by atoms with E-state index in [1.165, 1.54) is 12.3 Å². The zero-order valence-corrected chi connectivity index (χ0v) is 17.2. The Labute approximate surface area is 158 Å². The Morgan fingerprint density at radius 1 is 1.38 bits per heavy atom. The van der Waals surface area contributed by atoms with Crippen LogP contribution in [0.5, 0.6) is 0 Å². The zero-order chi connectivity index (χ0) is 17.8. The molecule has 0 aromatic carbocycles. The SMILES string of the molecule is CC(C)(C)OC(=O)N1CC2(C1)CC(Br)(C(Br)c1ccc(F)cn1)C2. The Morgan fingerprint density at radius 3 is 2.50 bits per heavy atom. The van der Waals surface area contributed by atoms with Gasteiger partial charge in [-0.2, -0.15) is 0 Å². The molecular weight excluding hydrogens is 443 g/mol. The number of halogens is 3. The average molecular weight is 464 g/mol. The largest absolute Gasteiger partial charge is 0.444 e. The van der Waals surface area contributed by atoms with Crippen molar-refractivity contribution in [2.24, 2.45) is 5.41 Å². The van der Waals surface area contributed by atoms with Crippen molar-refractivity contribution in [3.05, 3.63) is 29.8 Å². The lowest BCUT2D eigenvalue weighted by Crippen LogP contribution is -2.68. The number of likely N-dealkylation sites (tertiary alicyclic amines) is 1. The lowest BCUT2D eigenvalue weighted by atomic mass is 9.56. The van der Waals surface area contributed by atoms with E-state index in [4.69, 9.17) is 4.74 Å². The smallest absolute Gasteiger partial charge is 0.410 e. The number of amides is 1. The number of carbonyl (C=O) groups excluding carboxylic acids is 1. The van der Waals surface area contributed by atoms with E-state index >= 15 is 0 Å². The van der Waals surface area contributed by atoms with Gasteiger partial charge in [-0.1, -0.05) is 31.9 Å². The highest BCUT2D eigenvalue weighted by molar-refractivity contribution is 9.12. The van der Waals surface area contributed by atoms with Crippen LogP contribution in [-0.2, 0) is 4.74 Å². The summed E-state index contributed by atoms with van der Waals surface area (Å²) in [6.07, 6.45) is 2.88. The van der Waals surface area contributed by atoms with Gasteiger partial charge in [-0.25, -0.2) is 9.18 Å². The summed E-state index contributed by atoms with van der Waals surface area (Å²) in [4.78, 5) is 18.0. The molecular formula is C17H21Br2FN2O2. The van der Waals surface area contributed by atoms with Crippen molar-refractivity contribution in [1.82, 2.24) is 9.88 Å². The fraction of sp³-hybridized carbons (Fsp3) is 0.647. The van der Waals surface area contributed by atoms with Crippen molar-refractivity contribution < 1.29 is 13.9 Å². The van der Waals surface area contributed by atoms with Crippen LogP contribution >= 0.6 is 31.9 Å². The molecule has 1 amide bonds. The molecule has 2 fully saturated rings. The monoisotopic (exact) mass is 462 g/mol. The molecule has 1 aliphatic heterocycles. The van der Waals surface area contributed by atoms with Crippen LogP contribution in [0.1, 0.15) is 44.1 Å². The first-order chi connectivity index (χ1) is 11.0. The van der Waals surface area contributed by atoms with Gasteiger partial charge < -0.3 is 9.64 Å². The second-order valence-electron chi connectivity index (χ2n) is 7.99. The summed E-state index contributed by atoms with van der Waals surface area (Å²) >= 11 is 7.52. The van der Waals surface area contributed by atoms with Gasteiger partial charge in [0.05, 0.1) is 16.7 Å². The summed E-state index contributed by atoms with van der Waals surface area (Å²) in [5.41, 5.74) is 0.506. The Bertz CT molecular complexity index is 631. The number of ether oxygens (including phenoxy) is 1. The number of hydrogen-bond donors (Lipinski definition) is 0. The van der Waals surface area contributed by atoms with Crippen LogP contribution in [0, 0.1) is 11.2 Å². The normalized spacial score (nSPS) is 22.5. The van der Waals surface area contributed by atoms with Gasteiger partial charge in [0.15, 0.2) is 0 Å². The lowest BCUT2D eigenvalue weighted by Gasteiger charge is -2.63. The maximum atomic E-state index is 13.0. The van der Waals surface area contributed by atoms with Gasteiger partial charge in [-0.15, -0.1) is 0 Å². The number of carbonyl (C=O) groups is 1. The molecule has 7 heteroatoms. The highest BCUT2D eigenvalue weighted by atomic mass is 79.9. The first-order valence-corrected chi connectivity index (χ1v) is 9.65. The van der Waals surface area contributed by atoms with Crippen LogP contribution in [0.3, 0.4) is 0 Å². The minimum Gasteiger partial charge on any atom is -0.444 e. The third-order valence-electron chi connectivity index (χ3n) is 4.51. The molecule has 0 bridgehead atoms. The second kappa shape index (κ2) is 5.94. The predicted octanol–water partition coefficient (Wildman–Crippen LogP) is 4.82. The standard InChI is InChI=1S/C17H21Br2FN2O2/c1-15(2,3)24-14(23)22-9-16(10-22)7-17(19,8-16)13(18)12-5-4-11(20)6-21-12/h4-6,13H,7-10H2,1-3H3. The molecule has 1 atom stereocenters. The summed E-state index contributed by atoms with van der Waals surface area (Å²) < 4.78 is 18.3. The molecule has 4 nitrogen and oxygen atoms in total. The Balaban J connectivity index is 1.55. The Kier molecular flexibility index (Phi) is 4.48. The van der Waals surface area contributed by atoms with E-state index in [-0.39, 0.29) is 26.5 Å². The van der Waals surface area contributed by atoms with Crippen molar-refractivity contribution in [1.29, 1.82) is 0 Å². The number of aromatic nitrogens is 1.